The van der Waals surface area contributed by atoms with Gasteiger partial charge in [0.2, 0.25) is 0 Å². The fourth-order valence-electron chi connectivity index (χ4n) is 3.21. The Morgan fingerprint density at radius 2 is 2.04 bits per heavy atom. The van der Waals surface area contributed by atoms with E-state index < -0.39 is 0 Å². The van der Waals surface area contributed by atoms with Gasteiger partial charge in [0.1, 0.15) is 23.8 Å². The van der Waals surface area contributed by atoms with E-state index in [1.165, 1.54) is 0 Å². The Balaban J connectivity index is 1.61. The molecule has 0 radical (unpaired) electrons. The smallest absolute Gasteiger partial charge is 0.137 e. The van der Waals surface area contributed by atoms with E-state index in [1.54, 1.807) is 6.33 Å². The van der Waals surface area contributed by atoms with Crippen LogP contribution in [-0.4, -0.2) is 30.8 Å². The summed E-state index contributed by atoms with van der Waals surface area (Å²) in [4.78, 5) is 8.76. The molecule has 0 unspecified atom stereocenters. The van der Waals surface area contributed by atoms with Crippen LogP contribution in [0.25, 0.3) is 10.9 Å². The summed E-state index contributed by atoms with van der Waals surface area (Å²) >= 11 is 0. The second-order valence-corrected chi connectivity index (χ2v) is 6.36. The summed E-state index contributed by atoms with van der Waals surface area (Å²) in [6.07, 6.45) is 3.60. The zero-order valence-electron chi connectivity index (χ0n) is 13.4. The first-order valence-electron chi connectivity index (χ1n) is 8.10. The minimum atomic E-state index is 0.328. The van der Waals surface area contributed by atoms with Crippen LogP contribution in [0.1, 0.15) is 37.8 Å². The molecular weight excluding hydrogens is 288 g/mol. The SMILES string of the molecule is CC(C)c1nnc2n1C[C@H](Nc1ncnc3ccccc13)CC2. The van der Waals surface area contributed by atoms with Gasteiger partial charge in [-0.1, -0.05) is 26.0 Å². The van der Waals surface area contributed by atoms with Gasteiger partial charge in [0, 0.05) is 30.3 Å². The zero-order valence-corrected chi connectivity index (χ0v) is 13.4. The Labute approximate surface area is 135 Å². The van der Waals surface area contributed by atoms with Crippen LogP contribution < -0.4 is 5.32 Å². The quantitative estimate of drug-likeness (QED) is 0.806. The van der Waals surface area contributed by atoms with Crippen molar-refractivity contribution in [1.29, 1.82) is 0 Å². The van der Waals surface area contributed by atoms with Gasteiger partial charge in [-0.2, -0.15) is 0 Å². The standard InChI is InChI=1S/C17H20N6/c1-11(2)17-22-21-15-8-7-12(9-23(15)17)20-16-13-5-3-4-6-14(13)18-10-19-16/h3-6,10-12H,7-9H2,1-2H3,(H,18,19,20)/t12-/m1/s1. The molecule has 1 N–H and O–H groups in total. The Kier molecular flexibility index (Phi) is 3.44. The average molecular weight is 308 g/mol. The first-order chi connectivity index (χ1) is 11.2. The summed E-state index contributed by atoms with van der Waals surface area (Å²) in [5, 5.41) is 13.3. The molecule has 23 heavy (non-hydrogen) atoms. The van der Waals surface area contributed by atoms with Gasteiger partial charge in [-0.3, -0.25) is 0 Å². The molecule has 0 fully saturated rings. The third-order valence-electron chi connectivity index (χ3n) is 4.38. The molecule has 3 heterocycles. The summed E-state index contributed by atoms with van der Waals surface area (Å²) in [6, 6.07) is 8.42. The van der Waals surface area contributed by atoms with Gasteiger partial charge in [0.15, 0.2) is 0 Å². The number of benzene rings is 1. The number of hydrogen-bond donors (Lipinski definition) is 1. The van der Waals surface area contributed by atoms with Crippen LogP contribution in [0.2, 0.25) is 0 Å². The largest absolute Gasteiger partial charge is 0.365 e. The molecule has 118 valence electrons. The van der Waals surface area contributed by atoms with Gasteiger partial charge in [-0.05, 0) is 18.6 Å². The fraction of sp³-hybridized carbons (Fsp3) is 0.412. The second kappa shape index (κ2) is 5.61. The number of aryl methyl sites for hydroxylation is 1. The summed E-state index contributed by atoms with van der Waals surface area (Å²) in [5.41, 5.74) is 0.966. The van der Waals surface area contributed by atoms with Crippen LogP contribution >= 0.6 is 0 Å². The van der Waals surface area contributed by atoms with Gasteiger partial charge in [0.25, 0.3) is 0 Å². The Bertz CT molecular complexity index is 833. The summed E-state index contributed by atoms with van der Waals surface area (Å²) in [7, 11) is 0. The van der Waals surface area contributed by atoms with E-state index in [0.717, 1.165) is 47.8 Å². The molecule has 0 spiro atoms. The van der Waals surface area contributed by atoms with Gasteiger partial charge < -0.3 is 9.88 Å². The van der Waals surface area contributed by atoms with Crippen LogP contribution in [0.3, 0.4) is 0 Å². The predicted octanol–water partition coefficient (Wildman–Crippen LogP) is 2.77. The molecule has 2 aromatic heterocycles. The van der Waals surface area contributed by atoms with Crippen molar-refractivity contribution in [2.24, 2.45) is 0 Å². The fourth-order valence-corrected chi connectivity index (χ4v) is 3.21. The first-order valence-corrected chi connectivity index (χ1v) is 8.10. The van der Waals surface area contributed by atoms with Crippen LogP contribution in [0, 0.1) is 0 Å². The van der Waals surface area contributed by atoms with E-state index in [1.807, 2.05) is 18.2 Å². The number of aromatic nitrogens is 5. The van der Waals surface area contributed by atoms with Gasteiger partial charge in [-0.25, -0.2) is 9.97 Å². The molecule has 0 aliphatic carbocycles. The van der Waals surface area contributed by atoms with E-state index in [4.69, 9.17) is 0 Å². The lowest BCUT2D eigenvalue weighted by Crippen LogP contribution is -2.32. The van der Waals surface area contributed by atoms with Crippen molar-refractivity contribution in [2.75, 3.05) is 5.32 Å². The van der Waals surface area contributed by atoms with Crippen LogP contribution in [0.5, 0.6) is 0 Å². The van der Waals surface area contributed by atoms with E-state index in [2.05, 4.69) is 50.0 Å². The highest BCUT2D eigenvalue weighted by Gasteiger charge is 2.24. The van der Waals surface area contributed by atoms with Crippen molar-refractivity contribution in [1.82, 2.24) is 24.7 Å². The number of rotatable bonds is 3. The molecule has 0 amide bonds. The van der Waals surface area contributed by atoms with Crippen LogP contribution in [0.4, 0.5) is 5.82 Å². The molecule has 1 aromatic carbocycles. The van der Waals surface area contributed by atoms with Crippen molar-refractivity contribution < 1.29 is 0 Å². The summed E-state index contributed by atoms with van der Waals surface area (Å²) < 4.78 is 2.26. The van der Waals surface area contributed by atoms with E-state index in [9.17, 15) is 0 Å². The maximum absolute atomic E-state index is 4.44. The molecule has 3 aromatic rings. The highest BCUT2D eigenvalue weighted by atomic mass is 15.3. The summed E-state index contributed by atoms with van der Waals surface area (Å²) in [6.45, 7) is 5.20. The van der Waals surface area contributed by atoms with Crippen molar-refractivity contribution in [3.63, 3.8) is 0 Å². The lowest BCUT2D eigenvalue weighted by Gasteiger charge is -2.26. The minimum Gasteiger partial charge on any atom is -0.365 e. The Hall–Kier alpha value is -2.50. The second-order valence-electron chi connectivity index (χ2n) is 6.36. The number of anilines is 1. The van der Waals surface area contributed by atoms with Gasteiger partial charge >= 0.3 is 0 Å². The molecule has 0 bridgehead atoms. The molecule has 6 nitrogen and oxygen atoms in total. The molecule has 0 saturated heterocycles. The predicted molar refractivity (Wildman–Crippen MR) is 89.4 cm³/mol. The third kappa shape index (κ3) is 2.54. The maximum atomic E-state index is 4.44. The summed E-state index contributed by atoms with van der Waals surface area (Å²) in [5.74, 6) is 3.46. The maximum Gasteiger partial charge on any atom is 0.137 e. The highest BCUT2D eigenvalue weighted by Crippen LogP contribution is 2.24. The Morgan fingerprint density at radius 3 is 2.91 bits per heavy atom. The number of fused-ring (bicyclic) bond motifs is 2. The van der Waals surface area contributed by atoms with E-state index >= 15 is 0 Å². The lowest BCUT2D eigenvalue weighted by molar-refractivity contribution is 0.459. The van der Waals surface area contributed by atoms with Crippen molar-refractivity contribution in [3.8, 4) is 0 Å². The van der Waals surface area contributed by atoms with Crippen LogP contribution in [0.15, 0.2) is 30.6 Å². The van der Waals surface area contributed by atoms with Crippen molar-refractivity contribution >= 4 is 16.7 Å². The molecular formula is C17H20N6. The number of nitrogens with zero attached hydrogens (tertiary/aromatic N) is 5. The normalized spacial score (nSPS) is 17.4. The highest BCUT2D eigenvalue weighted by molar-refractivity contribution is 5.88. The van der Waals surface area contributed by atoms with Gasteiger partial charge in [0.05, 0.1) is 5.52 Å². The molecule has 1 aliphatic heterocycles. The first kappa shape index (κ1) is 14.1. The number of nitrogens with one attached hydrogen (secondary N) is 1. The van der Waals surface area contributed by atoms with Gasteiger partial charge in [-0.15, -0.1) is 10.2 Å². The third-order valence-corrected chi connectivity index (χ3v) is 4.38. The topological polar surface area (TPSA) is 68.5 Å². The lowest BCUT2D eigenvalue weighted by atomic mass is 10.1. The zero-order chi connectivity index (χ0) is 15.8. The number of para-hydroxylation sites is 1. The minimum absolute atomic E-state index is 0.328. The molecule has 0 saturated carbocycles. The Morgan fingerprint density at radius 1 is 1.17 bits per heavy atom. The van der Waals surface area contributed by atoms with Crippen LogP contribution in [-0.2, 0) is 13.0 Å². The van der Waals surface area contributed by atoms with Crippen molar-refractivity contribution in [2.45, 2.75) is 45.2 Å². The molecule has 4 rings (SSSR count). The number of hydrogen-bond acceptors (Lipinski definition) is 5. The molecule has 1 atom stereocenters. The van der Waals surface area contributed by atoms with E-state index in [-0.39, 0.29) is 0 Å². The molecule has 1 aliphatic rings. The monoisotopic (exact) mass is 308 g/mol. The average Bonchev–Trinajstić information content (AvgIpc) is 2.99. The molecule has 6 heteroatoms. The van der Waals surface area contributed by atoms with E-state index in [0.29, 0.717) is 12.0 Å². The van der Waals surface area contributed by atoms with Crippen molar-refractivity contribution in [3.05, 3.63) is 42.2 Å².